The molecule has 1 N–H and O–H groups in total. The molecule has 2 saturated heterocycles. The van der Waals surface area contributed by atoms with Gasteiger partial charge in [0.2, 0.25) is 17.1 Å². The minimum absolute atomic E-state index is 0.230. The Morgan fingerprint density at radius 3 is 2.26 bits per heavy atom. The molecule has 2 fully saturated rings. The smallest absolute Gasteiger partial charge is 0.219 e. The van der Waals surface area contributed by atoms with Crippen LogP contribution in [-0.4, -0.2) is 11.7 Å². The van der Waals surface area contributed by atoms with Gasteiger partial charge in [-0.25, -0.2) is 0 Å². The van der Waals surface area contributed by atoms with Crippen molar-refractivity contribution in [2.24, 2.45) is 10.8 Å². The fourth-order valence-corrected chi connectivity index (χ4v) is 4.33. The summed E-state index contributed by atoms with van der Waals surface area (Å²) in [6.07, 6.45) is 0.215. The van der Waals surface area contributed by atoms with Crippen molar-refractivity contribution in [2.75, 3.05) is 0 Å². The lowest BCUT2D eigenvalue weighted by Gasteiger charge is -2.48. The van der Waals surface area contributed by atoms with E-state index in [-0.39, 0.29) is 5.76 Å². The number of rotatable bonds is 2. The largest absolute Gasteiger partial charge is 0.466 e. The maximum absolute atomic E-state index is 10.2. The molecular formula is C20H14N4O3. The van der Waals surface area contributed by atoms with Gasteiger partial charge >= 0.3 is 0 Å². The summed E-state index contributed by atoms with van der Waals surface area (Å²) in [6, 6.07) is 18.2. The molecule has 0 spiro atoms. The van der Waals surface area contributed by atoms with Gasteiger partial charge in [0, 0.05) is 6.92 Å². The summed E-state index contributed by atoms with van der Waals surface area (Å²) in [5.74, 6) is -2.47. The van der Waals surface area contributed by atoms with Crippen molar-refractivity contribution in [3.05, 3.63) is 60.1 Å². The van der Waals surface area contributed by atoms with Gasteiger partial charge in [-0.1, -0.05) is 30.3 Å². The Labute approximate surface area is 155 Å². The Morgan fingerprint density at radius 1 is 1.00 bits per heavy atom. The molecule has 0 radical (unpaired) electrons. The molecule has 1 aromatic carbocycles. The van der Waals surface area contributed by atoms with E-state index in [0.29, 0.717) is 5.56 Å². The summed E-state index contributed by atoms with van der Waals surface area (Å²) in [5.41, 5.74) is -3.24. The monoisotopic (exact) mass is 358 g/mol. The van der Waals surface area contributed by atoms with Crippen molar-refractivity contribution in [3.8, 4) is 18.2 Å². The average molecular weight is 358 g/mol. The lowest BCUT2D eigenvalue weighted by atomic mass is 9.53. The molecule has 7 heteroatoms. The van der Waals surface area contributed by atoms with Crippen molar-refractivity contribution < 1.29 is 13.9 Å². The Morgan fingerprint density at radius 2 is 1.70 bits per heavy atom. The number of fused-ring (bicyclic) bond motifs is 2. The van der Waals surface area contributed by atoms with Crippen LogP contribution in [0.1, 0.15) is 30.3 Å². The van der Waals surface area contributed by atoms with Crippen molar-refractivity contribution in [1.29, 1.82) is 21.2 Å². The summed E-state index contributed by atoms with van der Waals surface area (Å²) in [4.78, 5) is 0. The van der Waals surface area contributed by atoms with Gasteiger partial charge in [-0.2, -0.15) is 15.8 Å². The molecule has 0 aliphatic carbocycles. The number of benzene rings is 1. The van der Waals surface area contributed by atoms with Crippen molar-refractivity contribution in [2.45, 2.75) is 24.7 Å². The highest BCUT2D eigenvalue weighted by Crippen LogP contribution is 2.69. The number of nitrogens with one attached hydrogen (secondary N) is 1. The first kappa shape index (κ1) is 16.8. The zero-order chi connectivity index (χ0) is 19.3. The van der Waals surface area contributed by atoms with Crippen LogP contribution in [-0.2, 0) is 9.47 Å². The van der Waals surface area contributed by atoms with Gasteiger partial charge in [0.1, 0.15) is 5.76 Å². The third kappa shape index (κ3) is 1.83. The van der Waals surface area contributed by atoms with Gasteiger partial charge in [0.05, 0.1) is 30.4 Å². The fourth-order valence-electron chi connectivity index (χ4n) is 4.33. The quantitative estimate of drug-likeness (QED) is 0.876. The molecule has 4 atom stereocenters. The van der Waals surface area contributed by atoms with E-state index >= 15 is 0 Å². The normalized spacial score (nSPS) is 33.3. The first-order chi connectivity index (χ1) is 13.0. The first-order valence-electron chi connectivity index (χ1n) is 8.27. The van der Waals surface area contributed by atoms with E-state index in [1.54, 1.807) is 43.3 Å². The lowest BCUT2D eigenvalue weighted by Crippen LogP contribution is -2.57. The number of ether oxygens (including phenoxy) is 2. The third-order valence-corrected chi connectivity index (χ3v) is 5.45. The van der Waals surface area contributed by atoms with E-state index in [0.717, 1.165) is 0 Å². The first-order valence-corrected chi connectivity index (χ1v) is 8.27. The van der Waals surface area contributed by atoms with Gasteiger partial charge in [-0.3, -0.25) is 5.41 Å². The molecular weight excluding hydrogens is 344 g/mol. The predicted octanol–water partition coefficient (Wildman–Crippen LogP) is 3.40. The predicted molar refractivity (Wildman–Crippen MR) is 90.6 cm³/mol. The molecule has 1 aromatic heterocycles. The highest BCUT2D eigenvalue weighted by molar-refractivity contribution is 5.90. The summed E-state index contributed by atoms with van der Waals surface area (Å²) in [5, 5.41) is 38.9. The Kier molecular flexibility index (Phi) is 3.40. The zero-order valence-electron chi connectivity index (χ0n) is 14.3. The van der Waals surface area contributed by atoms with Crippen LogP contribution in [0.25, 0.3) is 0 Å². The second-order valence-electron chi connectivity index (χ2n) is 6.76. The van der Waals surface area contributed by atoms with Gasteiger partial charge in [0.25, 0.3) is 0 Å². The highest BCUT2D eigenvalue weighted by atomic mass is 16.7. The van der Waals surface area contributed by atoms with Gasteiger partial charge in [-0.05, 0) is 17.7 Å². The van der Waals surface area contributed by atoms with Crippen molar-refractivity contribution >= 4 is 5.90 Å². The topological polar surface area (TPSA) is 127 Å². The molecule has 27 heavy (non-hydrogen) atoms. The molecule has 3 heterocycles. The second kappa shape index (κ2) is 5.45. The molecule has 7 nitrogen and oxygen atoms in total. The Bertz CT molecular complexity index is 1010. The number of hydrogen-bond acceptors (Lipinski definition) is 7. The minimum Gasteiger partial charge on any atom is -0.466 e. The number of nitriles is 3. The van der Waals surface area contributed by atoms with Gasteiger partial charge < -0.3 is 13.9 Å². The molecule has 2 aliphatic heterocycles. The molecule has 132 valence electrons. The van der Waals surface area contributed by atoms with Crippen LogP contribution in [0.5, 0.6) is 0 Å². The summed E-state index contributed by atoms with van der Waals surface area (Å²) in [7, 11) is 0. The van der Waals surface area contributed by atoms with Crippen LogP contribution in [0.2, 0.25) is 0 Å². The number of nitrogens with zero attached hydrogens (tertiary/aromatic N) is 3. The molecule has 4 rings (SSSR count). The third-order valence-electron chi connectivity index (χ3n) is 5.45. The van der Waals surface area contributed by atoms with E-state index < -0.39 is 34.5 Å². The molecule has 0 saturated carbocycles. The van der Waals surface area contributed by atoms with Crippen molar-refractivity contribution in [1.82, 2.24) is 0 Å². The van der Waals surface area contributed by atoms with E-state index in [4.69, 9.17) is 19.3 Å². The molecule has 0 amide bonds. The molecule has 2 aromatic rings. The number of hydrogen-bond donors (Lipinski definition) is 1. The molecule has 2 aliphatic rings. The van der Waals surface area contributed by atoms with Crippen LogP contribution in [0.4, 0.5) is 0 Å². The summed E-state index contributed by atoms with van der Waals surface area (Å²) < 4.78 is 17.2. The number of furan rings is 1. The fraction of sp³-hybridized carbons (Fsp3) is 0.300. The standard InChI is InChI=1S/C20H14N4O3/c1-18-15(13-6-3-2-4-7-13)20(12-23,17(24)27-18)19(10-21,11-22)16(26-18)14-8-5-9-25-14/h2-9,15-16,24H,1H3/t15-,16+,18-,20-/m1/s1. The van der Waals surface area contributed by atoms with Crippen molar-refractivity contribution in [3.63, 3.8) is 0 Å². The van der Waals surface area contributed by atoms with Crippen LogP contribution < -0.4 is 0 Å². The van der Waals surface area contributed by atoms with Gasteiger partial charge in [0.15, 0.2) is 11.5 Å². The maximum atomic E-state index is 10.2. The van der Waals surface area contributed by atoms with E-state index in [1.807, 2.05) is 18.2 Å². The molecule has 0 unspecified atom stereocenters. The Balaban J connectivity index is 2.06. The van der Waals surface area contributed by atoms with E-state index in [9.17, 15) is 15.8 Å². The van der Waals surface area contributed by atoms with E-state index in [1.165, 1.54) is 6.26 Å². The minimum atomic E-state index is -2.03. The maximum Gasteiger partial charge on any atom is 0.219 e. The zero-order valence-corrected chi connectivity index (χ0v) is 14.3. The van der Waals surface area contributed by atoms with Crippen LogP contribution >= 0.6 is 0 Å². The van der Waals surface area contributed by atoms with Crippen LogP contribution in [0.15, 0.2) is 53.1 Å². The van der Waals surface area contributed by atoms with Crippen LogP contribution in [0.3, 0.4) is 0 Å². The average Bonchev–Trinajstić information content (AvgIpc) is 3.27. The Hall–Kier alpha value is -3.60. The second-order valence-corrected chi connectivity index (χ2v) is 6.76. The van der Waals surface area contributed by atoms with Crippen LogP contribution in [0, 0.1) is 50.2 Å². The lowest BCUT2D eigenvalue weighted by molar-refractivity contribution is -0.257. The SMILES string of the molecule is C[C@@]12OC(=N)[C@@](C#N)([C@@H]1c1ccccc1)C(C#N)(C#N)[C@H](c1ccco1)O2. The summed E-state index contributed by atoms with van der Waals surface area (Å²) >= 11 is 0. The molecule has 2 bridgehead atoms. The summed E-state index contributed by atoms with van der Waals surface area (Å²) in [6.45, 7) is 1.62. The highest BCUT2D eigenvalue weighted by Gasteiger charge is 2.80. The van der Waals surface area contributed by atoms with Gasteiger partial charge in [-0.15, -0.1) is 0 Å². The van der Waals surface area contributed by atoms with E-state index in [2.05, 4.69) is 6.07 Å².